The van der Waals surface area contributed by atoms with Crippen LogP contribution in [0.25, 0.3) is 116 Å². The number of benzene rings is 18. The molecule has 3 heterocycles. The standard InChI is InChI=1S/C48H32N2O2.C31H21N.C28H37P.C18H13BrO2.C4H9O.Na/c1-4-14-35(15-5-1)49-45-22-12-10-20-41(45)43-28-33(24-26-47(43)49)34-25-27-48-44(29-34)42-21-11-13-23-46(42)50(48)36-30-39(51-37-16-6-2-7-17-37)32-40(31-36)52-38-18-8-3-9-19-38;1-2-9-25(10-3-1)32-30-13-7-6-12-27(30)29-20-22(16-17-31(29)32)21-14-15-24-18-23-8-4-5-11-26(23)28(24)19-21;1-27(29(25-18-10-4-11-19-25)26-20-12-5-13-21-26)22-28(27,23-14-6-2-7-15-23)24-16-8-3-9-17-24;19-14-11-17(20-15-7-3-1-4-8-15)13-18(12-14)21-16-9-5-2-6-10-16;1-4(2,3)5;/h1-32H;1-17,19-20H,18H2;2-3,6-9,14-17,25-26H,4-5,10-13,18-22H2,1H3;1-13H;1-3H3;/q;;;;-1;+1. The van der Waals surface area contributed by atoms with Crippen molar-refractivity contribution in [3.05, 3.63) is 476 Å². The molecule has 686 valence electrons. The molecule has 0 spiro atoms. The average molecular weight is 1920 g/mol. The fraction of sp³-hybridized carbons (Fsp3) is 0.163. The third kappa shape index (κ3) is 20.3. The minimum Gasteiger partial charge on any atom is -0.850 e. The van der Waals surface area contributed by atoms with E-state index in [1.165, 1.54) is 175 Å². The molecule has 0 bridgehead atoms. The molecule has 3 aromatic heterocycles. The van der Waals surface area contributed by atoms with Crippen LogP contribution in [-0.2, 0) is 11.8 Å². The molecular weight excluding hydrogens is 1810 g/mol. The summed E-state index contributed by atoms with van der Waals surface area (Å²) in [6.07, 6.45) is 17.3. The zero-order valence-electron chi connectivity index (χ0n) is 80.1. The van der Waals surface area contributed by atoms with Crippen molar-refractivity contribution in [1.82, 2.24) is 13.7 Å². The normalized spacial score (nSPS) is 14.8. The minimum absolute atomic E-state index is 0. The molecule has 25 rings (SSSR count). The Balaban J connectivity index is 0.000000119. The van der Waals surface area contributed by atoms with E-state index in [-0.39, 0.29) is 42.9 Å². The number of fused-ring (bicyclic) bond motifs is 12. The van der Waals surface area contributed by atoms with Gasteiger partial charge in [-0.25, -0.2) is 0 Å². The summed E-state index contributed by atoms with van der Waals surface area (Å²) >= 11 is 3.48. The van der Waals surface area contributed by atoms with Crippen LogP contribution in [0.2, 0.25) is 0 Å². The molecule has 3 saturated carbocycles. The number of hydrogen-bond acceptors (Lipinski definition) is 5. The van der Waals surface area contributed by atoms with Gasteiger partial charge in [0.15, 0.2) is 0 Å². The molecule has 0 amide bonds. The second kappa shape index (κ2) is 42.2. The largest absolute Gasteiger partial charge is 1.00 e. The van der Waals surface area contributed by atoms with Crippen molar-refractivity contribution in [2.75, 3.05) is 0 Å². The van der Waals surface area contributed by atoms with Gasteiger partial charge in [-0.05, 0) is 251 Å². The maximum atomic E-state index is 10.1. The first kappa shape index (κ1) is 94.0. The van der Waals surface area contributed by atoms with Gasteiger partial charge in [0.2, 0.25) is 0 Å². The van der Waals surface area contributed by atoms with Crippen molar-refractivity contribution in [3.8, 4) is 96.4 Å². The number of aromatic nitrogens is 3. The summed E-state index contributed by atoms with van der Waals surface area (Å²) in [4.78, 5) is 0. The van der Waals surface area contributed by atoms with Crippen molar-refractivity contribution in [2.24, 2.45) is 0 Å². The minimum atomic E-state index is -0.750. The van der Waals surface area contributed by atoms with Crippen molar-refractivity contribution in [2.45, 2.75) is 132 Å². The molecule has 1 unspecified atom stereocenters. The van der Waals surface area contributed by atoms with Crippen molar-refractivity contribution in [3.63, 3.8) is 0 Å². The zero-order valence-corrected chi connectivity index (χ0v) is 84.6. The molecule has 0 radical (unpaired) electrons. The van der Waals surface area contributed by atoms with Gasteiger partial charge in [0, 0.05) is 83.0 Å². The molecule has 140 heavy (non-hydrogen) atoms. The third-order valence-electron chi connectivity index (χ3n) is 27.8. The quantitative estimate of drug-likeness (QED) is 0.0632. The molecule has 0 aliphatic heterocycles. The fourth-order valence-corrected chi connectivity index (χ4v) is 27.4. The molecule has 8 nitrogen and oxygen atoms in total. The molecule has 4 aliphatic rings. The van der Waals surface area contributed by atoms with Crippen LogP contribution in [0, 0.1) is 0 Å². The number of rotatable bonds is 18. The van der Waals surface area contributed by atoms with Crippen LogP contribution in [-0.4, -0.2) is 35.8 Å². The molecule has 0 saturated heterocycles. The van der Waals surface area contributed by atoms with Crippen LogP contribution < -0.4 is 53.6 Å². The number of halogens is 1. The van der Waals surface area contributed by atoms with Gasteiger partial charge < -0.3 is 37.8 Å². The van der Waals surface area contributed by atoms with E-state index < -0.39 is 5.60 Å². The van der Waals surface area contributed by atoms with Gasteiger partial charge in [-0.2, -0.15) is 0 Å². The van der Waals surface area contributed by atoms with Crippen LogP contribution in [0.4, 0.5) is 0 Å². The van der Waals surface area contributed by atoms with E-state index in [2.05, 4.69) is 340 Å². The number of nitrogens with zero attached hydrogens (tertiary/aromatic N) is 3. The van der Waals surface area contributed by atoms with E-state index in [9.17, 15) is 5.11 Å². The Morgan fingerprint density at radius 1 is 0.286 bits per heavy atom. The van der Waals surface area contributed by atoms with E-state index in [0.29, 0.717) is 16.7 Å². The molecule has 4 aliphatic carbocycles. The summed E-state index contributed by atoms with van der Waals surface area (Å²) in [6.45, 7) is 7.61. The van der Waals surface area contributed by atoms with Gasteiger partial charge in [-0.15, -0.1) is 5.60 Å². The smallest absolute Gasteiger partial charge is 0.850 e. The molecule has 1 atom stereocenters. The third-order valence-corrected chi connectivity index (χ3v) is 32.6. The summed E-state index contributed by atoms with van der Waals surface area (Å²) in [5.74, 6) is 5.95. The van der Waals surface area contributed by atoms with Crippen molar-refractivity contribution in [1.29, 1.82) is 0 Å². The van der Waals surface area contributed by atoms with Gasteiger partial charge in [-0.3, -0.25) is 0 Å². The molecular formula is C129H112BrN3NaO5P. The van der Waals surface area contributed by atoms with Crippen LogP contribution >= 0.6 is 23.9 Å². The van der Waals surface area contributed by atoms with E-state index in [0.717, 1.165) is 79.1 Å². The predicted molar refractivity (Wildman–Crippen MR) is 582 cm³/mol. The number of hydrogen-bond donors (Lipinski definition) is 0. The topological polar surface area (TPSA) is 74.8 Å². The van der Waals surface area contributed by atoms with Crippen LogP contribution in [0.15, 0.2) is 453 Å². The second-order valence-electron chi connectivity index (χ2n) is 38.3. The van der Waals surface area contributed by atoms with E-state index in [1.807, 2.05) is 146 Å². The molecule has 18 aromatic carbocycles. The summed E-state index contributed by atoms with van der Waals surface area (Å²) < 4.78 is 32.4. The first-order valence-electron chi connectivity index (χ1n) is 49.1. The molecule has 0 N–H and O–H groups in total. The Labute approximate surface area is 853 Å². The Kier molecular flexibility index (Phi) is 28.4. The van der Waals surface area contributed by atoms with Crippen LogP contribution in [0.1, 0.15) is 121 Å². The number of para-hydroxylation sites is 9. The van der Waals surface area contributed by atoms with Crippen LogP contribution in [0.3, 0.4) is 0 Å². The summed E-state index contributed by atoms with van der Waals surface area (Å²) in [5, 5.41) is 18.0. The Morgan fingerprint density at radius 2 is 0.579 bits per heavy atom. The fourth-order valence-electron chi connectivity index (χ4n) is 21.8. The molecule has 21 aromatic rings. The van der Waals surface area contributed by atoms with Crippen molar-refractivity contribution >= 4 is 89.3 Å². The van der Waals surface area contributed by atoms with Gasteiger partial charge >= 0.3 is 29.6 Å². The first-order valence-corrected chi connectivity index (χ1v) is 51.4. The van der Waals surface area contributed by atoms with Gasteiger partial charge in [0.05, 0.1) is 38.8 Å². The predicted octanol–water partition coefficient (Wildman–Crippen LogP) is 32.6. The summed E-state index contributed by atoms with van der Waals surface area (Å²) in [7, 11) is 0.0380. The van der Waals surface area contributed by atoms with Gasteiger partial charge in [0.1, 0.15) is 46.0 Å². The summed E-state index contributed by atoms with van der Waals surface area (Å²) in [5.41, 5.74) is 25.6. The maximum Gasteiger partial charge on any atom is 1.00 e. The Bertz CT molecular complexity index is 7670. The van der Waals surface area contributed by atoms with E-state index >= 15 is 0 Å². The van der Waals surface area contributed by atoms with Crippen LogP contribution in [0.5, 0.6) is 46.0 Å². The zero-order chi connectivity index (χ0) is 94.2. The van der Waals surface area contributed by atoms with Gasteiger partial charge in [0.25, 0.3) is 0 Å². The summed E-state index contributed by atoms with van der Waals surface area (Å²) in [6, 6.07) is 158. The van der Waals surface area contributed by atoms with Gasteiger partial charge in [-0.1, -0.05) is 369 Å². The van der Waals surface area contributed by atoms with Crippen molar-refractivity contribution < 1.29 is 53.6 Å². The Hall–Kier alpha value is -13.6. The second-order valence-corrected chi connectivity index (χ2v) is 42.4. The average Bonchev–Trinajstić information content (AvgIpc) is 1.50. The van der Waals surface area contributed by atoms with E-state index in [1.54, 1.807) is 31.9 Å². The molecule has 11 heteroatoms. The SMILES string of the molecule is Brc1cc(Oc2ccccc2)cc(Oc2ccccc2)c1.CC(C)(C)[O-].CC1(P(C2CCCCC2)C2CCCCC2)CC1(c1ccccc1)c1ccccc1.[Na+].c1ccc(-n2c3ccccc3c3cc(-c4ccc5c(c4)-c4ccccc4C5)ccc32)cc1.c1ccc(Oc2cc(Oc3ccccc3)cc(-n3c4ccccc4c4cc(-c5ccc6c(c5)c5ccccc5n6-c5ccccc5)ccc43)c2)cc1. The Morgan fingerprint density at radius 3 is 0.957 bits per heavy atom. The van der Waals surface area contributed by atoms with E-state index in [4.69, 9.17) is 18.9 Å². The number of ether oxygens (including phenoxy) is 4. The maximum absolute atomic E-state index is 10.1. The first-order chi connectivity index (χ1) is 68.2. The monoisotopic (exact) mass is 1920 g/mol. The molecule has 3 fully saturated rings.